The minimum Gasteiger partial charge on any atom is -0.496 e. The number of ether oxygens (including phenoxy) is 3. The second-order valence-electron chi connectivity index (χ2n) is 5.56. The highest BCUT2D eigenvalue weighted by atomic mass is 16.5. The van der Waals surface area contributed by atoms with Crippen LogP contribution in [0, 0.1) is 11.8 Å². The second kappa shape index (κ2) is 7.29. The van der Waals surface area contributed by atoms with Gasteiger partial charge in [0.05, 0.1) is 27.2 Å². The zero-order valence-electron chi connectivity index (χ0n) is 14.1. The molecule has 6 heteroatoms. The van der Waals surface area contributed by atoms with Crippen LogP contribution in [0.3, 0.4) is 0 Å². The molecule has 128 valence electrons. The Kier molecular flexibility index (Phi) is 5.39. The SMILES string of the molecule is COC(=O)C1C(=O)C=C(C)C(C(=O)OC)C1c1ccccc1OC. The van der Waals surface area contributed by atoms with Crippen LogP contribution in [-0.2, 0) is 23.9 Å². The van der Waals surface area contributed by atoms with Crippen LogP contribution in [0.4, 0.5) is 0 Å². The first-order chi connectivity index (χ1) is 11.5. The molecule has 3 atom stereocenters. The standard InChI is InChI=1S/C18H20O6/c1-10-9-12(19)16(18(21)24-4)15(14(10)17(20)23-3)11-7-5-6-8-13(11)22-2/h5-9,14-16H,1-4H3. The fraction of sp³-hybridized carbons (Fsp3) is 0.389. The van der Waals surface area contributed by atoms with Crippen LogP contribution >= 0.6 is 0 Å². The molecule has 0 fully saturated rings. The van der Waals surface area contributed by atoms with Crippen molar-refractivity contribution in [2.75, 3.05) is 21.3 Å². The first-order valence-electron chi connectivity index (χ1n) is 7.46. The average molecular weight is 332 g/mol. The molecule has 0 N–H and O–H groups in total. The van der Waals surface area contributed by atoms with Gasteiger partial charge in [-0.15, -0.1) is 0 Å². The Labute approximate surface area is 140 Å². The summed E-state index contributed by atoms with van der Waals surface area (Å²) >= 11 is 0. The Morgan fingerprint density at radius 1 is 0.958 bits per heavy atom. The number of methoxy groups -OCH3 is 3. The highest BCUT2D eigenvalue weighted by Gasteiger charge is 2.48. The van der Waals surface area contributed by atoms with Gasteiger partial charge in [-0.05, 0) is 24.6 Å². The molecule has 0 bridgehead atoms. The number of allylic oxidation sites excluding steroid dienone is 1. The molecule has 1 aliphatic rings. The van der Waals surface area contributed by atoms with Crippen molar-refractivity contribution in [1.82, 2.24) is 0 Å². The Morgan fingerprint density at radius 2 is 1.54 bits per heavy atom. The number of benzene rings is 1. The molecule has 24 heavy (non-hydrogen) atoms. The number of esters is 2. The van der Waals surface area contributed by atoms with E-state index in [2.05, 4.69) is 0 Å². The molecular weight excluding hydrogens is 312 g/mol. The topological polar surface area (TPSA) is 78.9 Å². The van der Waals surface area contributed by atoms with E-state index in [4.69, 9.17) is 14.2 Å². The van der Waals surface area contributed by atoms with Crippen molar-refractivity contribution in [2.24, 2.45) is 11.8 Å². The zero-order chi connectivity index (χ0) is 17.9. The highest BCUT2D eigenvalue weighted by molar-refractivity contribution is 6.08. The molecule has 0 amide bonds. The van der Waals surface area contributed by atoms with Gasteiger partial charge in [0.2, 0.25) is 0 Å². The monoisotopic (exact) mass is 332 g/mol. The number of para-hydroxylation sites is 1. The normalized spacial score (nSPS) is 23.2. The van der Waals surface area contributed by atoms with Gasteiger partial charge >= 0.3 is 11.9 Å². The van der Waals surface area contributed by atoms with Gasteiger partial charge < -0.3 is 14.2 Å². The van der Waals surface area contributed by atoms with Crippen molar-refractivity contribution in [2.45, 2.75) is 12.8 Å². The summed E-state index contributed by atoms with van der Waals surface area (Å²) in [7, 11) is 3.98. The molecule has 6 nitrogen and oxygen atoms in total. The van der Waals surface area contributed by atoms with Crippen molar-refractivity contribution in [1.29, 1.82) is 0 Å². The van der Waals surface area contributed by atoms with E-state index in [-0.39, 0.29) is 0 Å². The molecule has 0 radical (unpaired) electrons. The number of carbonyl (C=O) groups excluding carboxylic acids is 3. The van der Waals surface area contributed by atoms with Gasteiger partial charge in [-0.25, -0.2) is 0 Å². The first-order valence-corrected chi connectivity index (χ1v) is 7.46. The van der Waals surface area contributed by atoms with E-state index in [1.54, 1.807) is 31.2 Å². The van der Waals surface area contributed by atoms with Gasteiger partial charge in [0.15, 0.2) is 5.78 Å². The third-order valence-corrected chi connectivity index (χ3v) is 4.29. The van der Waals surface area contributed by atoms with E-state index in [1.807, 2.05) is 0 Å². The average Bonchev–Trinajstić information content (AvgIpc) is 2.59. The molecule has 3 unspecified atom stereocenters. The van der Waals surface area contributed by atoms with Gasteiger partial charge in [-0.1, -0.05) is 23.8 Å². The van der Waals surface area contributed by atoms with E-state index in [9.17, 15) is 14.4 Å². The van der Waals surface area contributed by atoms with E-state index in [0.717, 1.165) is 0 Å². The number of rotatable bonds is 4. The van der Waals surface area contributed by atoms with Crippen LogP contribution in [-0.4, -0.2) is 39.1 Å². The molecule has 1 aromatic carbocycles. The summed E-state index contributed by atoms with van der Waals surface area (Å²) in [6.07, 6.45) is 1.31. The molecule has 0 aliphatic heterocycles. The van der Waals surface area contributed by atoms with Gasteiger partial charge in [0, 0.05) is 5.92 Å². The minimum absolute atomic E-state index is 0.393. The molecule has 0 saturated carbocycles. The molecule has 1 aromatic rings. The third kappa shape index (κ3) is 3.04. The maximum Gasteiger partial charge on any atom is 0.317 e. The Balaban J connectivity index is 2.69. The van der Waals surface area contributed by atoms with Crippen LogP contribution in [0.25, 0.3) is 0 Å². The predicted octanol–water partition coefficient (Wildman–Crippen LogP) is 1.89. The molecular formula is C18H20O6. The molecule has 0 saturated heterocycles. The Morgan fingerprint density at radius 3 is 2.12 bits per heavy atom. The Bertz CT molecular complexity index is 691. The summed E-state index contributed by atoms with van der Waals surface area (Å²) in [4.78, 5) is 37.1. The second-order valence-corrected chi connectivity index (χ2v) is 5.56. The lowest BCUT2D eigenvalue weighted by Gasteiger charge is -2.34. The van der Waals surface area contributed by atoms with Crippen molar-refractivity contribution >= 4 is 17.7 Å². The summed E-state index contributed by atoms with van der Waals surface area (Å²) in [5, 5.41) is 0. The predicted molar refractivity (Wildman–Crippen MR) is 85.5 cm³/mol. The summed E-state index contributed by atoms with van der Waals surface area (Å²) in [6, 6.07) is 6.99. The van der Waals surface area contributed by atoms with Gasteiger partial charge in [-0.2, -0.15) is 0 Å². The van der Waals surface area contributed by atoms with Crippen molar-refractivity contribution in [3.05, 3.63) is 41.5 Å². The van der Waals surface area contributed by atoms with Crippen LogP contribution in [0.2, 0.25) is 0 Å². The molecule has 0 heterocycles. The Hall–Kier alpha value is -2.63. The van der Waals surface area contributed by atoms with Crippen LogP contribution in [0.5, 0.6) is 5.75 Å². The summed E-state index contributed by atoms with van der Waals surface area (Å²) < 4.78 is 15.1. The van der Waals surface area contributed by atoms with E-state index < -0.39 is 35.5 Å². The van der Waals surface area contributed by atoms with Gasteiger partial charge in [0.1, 0.15) is 11.7 Å². The number of ketones is 1. The summed E-state index contributed by atoms with van der Waals surface area (Å²) in [6.45, 7) is 1.68. The molecule has 2 rings (SSSR count). The van der Waals surface area contributed by atoms with Crippen molar-refractivity contribution in [3.63, 3.8) is 0 Å². The van der Waals surface area contributed by atoms with E-state index >= 15 is 0 Å². The maximum atomic E-state index is 12.5. The number of hydrogen-bond donors (Lipinski definition) is 0. The van der Waals surface area contributed by atoms with Gasteiger partial charge in [0.25, 0.3) is 0 Å². The third-order valence-electron chi connectivity index (χ3n) is 4.29. The molecule has 0 aromatic heterocycles. The lowest BCUT2D eigenvalue weighted by Crippen LogP contribution is -2.41. The van der Waals surface area contributed by atoms with E-state index in [0.29, 0.717) is 16.9 Å². The largest absolute Gasteiger partial charge is 0.496 e. The quantitative estimate of drug-likeness (QED) is 0.619. The maximum absolute atomic E-state index is 12.5. The fourth-order valence-corrected chi connectivity index (χ4v) is 3.21. The first kappa shape index (κ1) is 17.7. The van der Waals surface area contributed by atoms with Crippen LogP contribution < -0.4 is 4.74 Å². The highest BCUT2D eigenvalue weighted by Crippen LogP contribution is 2.44. The molecule has 0 spiro atoms. The lowest BCUT2D eigenvalue weighted by atomic mass is 9.68. The number of carbonyl (C=O) groups is 3. The fourth-order valence-electron chi connectivity index (χ4n) is 3.21. The lowest BCUT2D eigenvalue weighted by molar-refractivity contribution is -0.152. The number of hydrogen-bond acceptors (Lipinski definition) is 6. The summed E-state index contributed by atoms with van der Waals surface area (Å²) in [5.41, 5.74) is 1.13. The van der Waals surface area contributed by atoms with Crippen molar-refractivity contribution < 1.29 is 28.6 Å². The summed E-state index contributed by atoms with van der Waals surface area (Å²) in [5.74, 6) is -3.75. The molecule has 1 aliphatic carbocycles. The van der Waals surface area contributed by atoms with Gasteiger partial charge in [-0.3, -0.25) is 14.4 Å². The van der Waals surface area contributed by atoms with E-state index in [1.165, 1.54) is 27.4 Å². The minimum atomic E-state index is -1.13. The zero-order valence-corrected chi connectivity index (χ0v) is 14.1. The van der Waals surface area contributed by atoms with Crippen LogP contribution in [0.15, 0.2) is 35.9 Å². The smallest absolute Gasteiger partial charge is 0.317 e. The van der Waals surface area contributed by atoms with Crippen molar-refractivity contribution in [3.8, 4) is 5.75 Å². The van der Waals surface area contributed by atoms with Crippen LogP contribution in [0.1, 0.15) is 18.4 Å².